The maximum absolute atomic E-state index is 5.51. The van der Waals surface area contributed by atoms with Gasteiger partial charge >= 0.3 is 0 Å². The standard InChI is InChI=1S/C40H34O2Si/c1-41-35-21-19-29-23-33(17-15-31(29)25-35)39-37(27-11-7-5-8-12-27)38(28-13-9-6-10-14-28)40(43(39,3)4)34-18-16-32-26-36(42-2)22-20-30(32)24-34/h5-26H,1-4H3. The third kappa shape index (κ3) is 4.67. The highest BCUT2D eigenvalue weighted by Gasteiger charge is 2.43. The van der Waals surface area contributed by atoms with Crippen LogP contribution >= 0.6 is 0 Å². The van der Waals surface area contributed by atoms with Gasteiger partial charge < -0.3 is 9.47 Å². The molecular weight excluding hydrogens is 541 g/mol. The molecule has 0 saturated carbocycles. The maximum atomic E-state index is 5.51. The first-order valence-corrected chi connectivity index (χ1v) is 17.7. The predicted molar refractivity (Wildman–Crippen MR) is 185 cm³/mol. The highest BCUT2D eigenvalue weighted by atomic mass is 28.3. The summed E-state index contributed by atoms with van der Waals surface area (Å²) < 4.78 is 11.0. The van der Waals surface area contributed by atoms with Gasteiger partial charge in [0.15, 0.2) is 0 Å². The minimum atomic E-state index is -2.27. The van der Waals surface area contributed by atoms with Gasteiger partial charge in [-0.2, -0.15) is 0 Å². The molecule has 6 aromatic rings. The van der Waals surface area contributed by atoms with Crippen molar-refractivity contribution in [3.8, 4) is 11.5 Å². The minimum absolute atomic E-state index is 0.879. The van der Waals surface area contributed by atoms with Crippen molar-refractivity contribution >= 4 is 51.2 Å². The molecule has 0 atom stereocenters. The summed E-state index contributed by atoms with van der Waals surface area (Å²) in [5, 5.41) is 7.75. The predicted octanol–water partition coefficient (Wildman–Crippen LogP) is 10.3. The Morgan fingerprint density at radius 1 is 0.395 bits per heavy atom. The Bertz CT molecular complexity index is 1910. The van der Waals surface area contributed by atoms with E-state index in [0.29, 0.717) is 0 Å². The van der Waals surface area contributed by atoms with Gasteiger partial charge in [-0.05, 0) is 102 Å². The van der Waals surface area contributed by atoms with Gasteiger partial charge in [-0.1, -0.05) is 110 Å². The molecule has 0 fully saturated rings. The molecule has 0 amide bonds. The normalized spacial score (nSPS) is 14.5. The molecule has 1 heterocycles. The number of allylic oxidation sites excluding steroid dienone is 2. The van der Waals surface area contributed by atoms with Crippen LogP contribution in [0.25, 0.3) is 43.1 Å². The van der Waals surface area contributed by atoms with Crippen molar-refractivity contribution in [1.29, 1.82) is 0 Å². The number of benzene rings is 6. The smallest absolute Gasteiger partial charge is 0.119 e. The van der Waals surface area contributed by atoms with Gasteiger partial charge in [-0.25, -0.2) is 0 Å². The highest BCUT2D eigenvalue weighted by Crippen LogP contribution is 2.56. The van der Waals surface area contributed by atoms with Gasteiger partial charge in [0.05, 0.1) is 14.2 Å². The van der Waals surface area contributed by atoms with Crippen molar-refractivity contribution in [3.63, 3.8) is 0 Å². The van der Waals surface area contributed by atoms with Crippen molar-refractivity contribution in [2.75, 3.05) is 14.2 Å². The lowest BCUT2D eigenvalue weighted by molar-refractivity contribution is 0.415. The van der Waals surface area contributed by atoms with E-state index in [4.69, 9.17) is 9.47 Å². The van der Waals surface area contributed by atoms with Crippen LogP contribution in [0.5, 0.6) is 11.5 Å². The Hall–Kier alpha value is -4.86. The fourth-order valence-electron chi connectivity index (χ4n) is 6.81. The van der Waals surface area contributed by atoms with Crippen LogP contribution in [0.15, 0.2) is 133 Å². The van der Waals surface area contributed by atoms with Crippen LogP contribution in [-0.4, -0.2) is 22.3 Å². The van der Waals surface area contributed by atoms with Crippen molar-refractivity contribution in [2.24, 2.45) is 0 Å². The maximum Gasteiger partial charge on any atom is 0.119 e. The summed E-state index contributed by atoms with van der Waals surface area (Å²) in [6, 6.07) is 48.5. The Balaban J connectivity index is 1.53. The van der Waals surface area contributed by atoms with Crippen LogP contribution in [0.1, 0.15) is 22.3 Å². The summed E-state index contributed by atoms with van der Waals surface area (Å²) in [7, 11) is 1.17. The molecule has 0 spiro atoms. The van der Waals surface area contributed by atoms with Crippen LogP contribution in [-0.2, 0) is 0 Å². The molecule has 1 aliphatic heterocycles. The molecule has 6 aromatic carbocycles. The monoisotopic (exact) mass is 574 g/mol. The quantitative estimate of drug-likeness (QED) is 0.184. The van der Waals surface area contributed by atoms with Gasteiger partial charge in [-0.15, -0.1) is 0 Å². The lowest BCUT2D eigenvalue weighted by atomic mass is 9.89. The zero-order valence-electron chi connectivity index (χ0n) is 25.0. The van der Waals surface area contributed by atoms with E-state index in [1.165, 1.54) is 65.3 Å². The third-order valence-electron chi connectivity index (χ3n) is 8.80. The first-order valence-electron chi connectivity index (χ1n) is 14.7. The summed E-state index contributed by atoms with van der Waals surface area (Å²) in [6.45, 7) is 5.04. The van der Waals surface area contributed by atoms with Crippen molar-refractivity contribution in [3.05, 3.63) is 156 Å². The van der Waals surface area contributed by atoms with E-state index < -0.39 is 8.07 Å². The molecule has 2 nitrogen and oxygen atoms in total. The average Bonchev–Trinajstić information content (AvgIpc) is 3.31. The number of rotatable bonds is 6. The molecule has 0 N–H and O–H groups in total. The summed E-state index contributed by atoms with van der Waals surface area (Å²) in [6.07, 6.45) is 0. The zero-order valence-corrected chi connectivity index (χ0v) is 26.0. The molecule has 43 heavy (non-hydrogen) atoms. The fraction of sp³-hybridized carbons (Fsp3) is 0.100. The Morgan fingerprint density at radius 3 is 1.16 bits per heavy atom. The lowest BCUT2D eigenvalue weighted by Gasteiger charge is -2.27. The summed E-state index contributed by atoms with van der Waals surface area (Å²) in [5.74, 6) is 1.76. The number of ether oxygens (including phenoxy) is 2. The van der Waals surface area contributed by atoms with Gasteiger partial charge in [0.25, 0.3) is 0 Å². The number of hydrogen-bond acceptors (Lipinski definition) is 2. The van der Waals surface area contributed by atoms with Gasteiger partial charge in [0, 0.05) is 0 Å². The number of methoxy groups -OCH3 is 2. The summed E-state index contributed by atoms with van der Waals surface area (Å²) >= 11 is 0. The van der Waals surface area contributed by atoms with Crippen molar-refractivity contribution < 1.29 is 9.47 Å². The molecule has 3 heteroatoms. The molecule has 210 valence electrons. The fourth-order valence-corrected chi connectivity index (χ4v) is 10.6. The van der Waals surface area contributed by atoms with E-state index in [-0.39, 0.29) is 0 Å². The van der Waals surface area contributed by atoms with Crippen LogP contribution in [0.2, 0.25) is 13.1 Å². The summed E-state index contributed by atoms with van der Waals surface area (Å²) in [4.78, 5) is 0. The molecule has 7 rings (SSSR count). The van der Waals surface area contributed by atoms with Crippen LogP contribution in [0, 0.1) is 0 Å². The van der Waals surface area contributed by atoms with Crippen molar-refractivity contribution in [1.82, 2.24) is 0 Å². The van der Waals surface area contributed by atoms with Crippen LogP contribution in [0.3, 0.4) is 0 Å². The molecule has 0 radical (unpaired) electrons. The van der Waals surface area contributed by atoms with E-state index in [2.05, 4.69) is 147 Å². The van der Waals surface area contributed by atoms with Gasteiger partial charge in [0.1, 0.15) is 19.6 Å². The van der Waals surface area contributed by atoms with E-state index in [1.54, 1.807) is 14.2 Å². The molecule has 0 aliphatic carbocycles. The first-order chi connectivity index (χ1) is 21.0. The van der Waals surface area contributed by atoms with E-state index >= 15 is 0 Å². The lowest BCUT2D eigenvalue weighted by Crippen LogP contribution is -2.28. The average molecular weight is 575 g/mol. The van der Waals surface area contributed by atoms with E-state index in [1.807, 2.05) is 0 Å². The second-order valence-electron chi connectivity index (χ2n) is 11.7. The van der Waals surface area contributed by atoms with E-state index in [9.17, 15) is 0 Å². The zero-order chi connectivity index (χ0) is 29.6. The SMILES string of the molecule is COc1ccc2cc(C3=C(c4ccccc4)C(c4ccccc4)=C(c4ccc5cc(OC)ccc5c4)[Si]3(C)C)ccc2c1. The minimum Gasteiger partial charge on any atom is -0.497 e. The Kier molecular flexibility index (Phi) is 6.76. The third-order valence-corrected chi connectivity index (χ3v) is 12.4. The van der Waals surface area contributed by atoms with Gasteiger partial charge in [-0.3, -0.25) is 0 Å². The largest absolute Gasteiger partial charge is 0.497 e. The van der Waals surface area contributed by atoms with Crippen LogP contribution < -0.4 is 9.47 Å². The molecular formula is C40H34O2Si. The topological polar surface area (TPSA) is 18.5 Å². The second kappa shape index (κ2) is 10.8. The number of fused-ring (bicyclic) bond motifs is 2. The number of hydrogen-bond donors (Lipinski definition) is 0. The van der Waals surface area contributed by atoms with E-state index in [0.717, 1.165) is 11.5 Å². The molecule has 1 aliphatic rings. The highest BCUT2D eigenvalue weighted by molar-refractivity contribution is 7.13. The summed E-state index contributed by atoms with van der Waals surface area (Å²) in [5.41, 5.74) is 7.80. The molecule has 0 bridgehead atoms. The van der Waals surface area contributed by atoms with Crippen LogP contribution in [0.4, 0.5) is 0 Å². The molecule has 0 aromatic heterocycles. The molecule has 0 unspecified atom stereocenters. The second-order valence-corrected chi connectivity index (χ2v) is 16.0. The first kappa shape index (κ1) is 27.0. The van der Waals surface area contributed by atoms with Crippen molar-refractivity contribution in [2.45, 2.75) is 13.1 Å². The van der Waals surface area contributed by atoms with Gasteiger partial charge in [0.2, 0.25) is 0 Å². The Morgan fingerprint density at radius 2 is 0.767 bits per heavy atom. The Labute approximate surface area is 254 Å². The molecule has 0 saturated heterocycles.